The summed E-state index contributed by atoms with van der Waals surface area (Å²) >= 11 is 0. The summed E-state index contributed by atoms with van der Waals surface area (Å²) in [4.78, 5) is 16.8. The van der Waals surface area contributed by atoms with Gasteiger partial charge in [0, 0.05) is 31.4 Å². The van der Waals surface area contributed by atoms with Crippen molar-refractivity contribution < 1.29 is 9.66 Å². The predicted molar refractivity (Wildman–Crippen MR) is 71.2 cm³/mol. The normalized spacial score (nSPS) is 21.2. The van der Waals surface area contributed by atoms with Crippen molar-refractivity contribution in [2.45, 2.75) is 26.0 Å². The molecule has 0 radical (unpaired) electrons. The van der Waals surface area contributed by atoms with Crippen LogP contribution in [-0.4, -0.2) is 41.7 Å². The molecular formula is C12H18N4O3. The number of aryl methyl sites for hydroxylation is 1. The minimum absolute atomic E-state index is 0.0327. The van der Waals surface area contributed by atoms with Crippen LogP contribution < -0.4 is 10.6 Å². The molecule has 0 aliphatic carbocycles. The van der Waals surface area contributed by atoms with Gasteiger partial charge in [0.05, 0.1) is 17.6 Å². The van der Waals surface area contributed by atoms with Gasteiger partial charge >= 0.3 is 5.69 Å². The third-order valence-electron chi connectivity index (χ3n) is 3.16. The number of hydrogen-bond acceptors (Lipinski definition) is 6. The van der Waals surface area contributed by atoms with Crippen LogP contribution >= 0.6 is 0 Å². The first kappa shape index (κ1) is 13.7. The van der Waals surface area contributed by atoms with E-state index < -0.39 is 4.92 Å². The van der Waals surface area contributed by atoms with E-state index in [-0.39, 0.29) is 17.8 Å². The van der Waals surface area contributed by atoms with Gasteiger partial charge in [-0.15, -0.1) is 0 Å². The average molecular weight is 266 g/mol. The van der Waals surface area contributed by atoms with Crippen LogP contribution in [0.5, 0.6) is 0 Å². The Balaban J connectivity index is 2.28. The molecule has 7 heteroatoms. The van der Waals surface area contributed by atoms with Crippen LogP contribution in [0.25, 0.3) is 0 Å². The second kappa shape index (κ2) is 5.50. The predicted octanol–water partition coefficient (Wildman–Crippen LogP) is 0.851. The Bertz CT molecular complexity index is 478. The van der Waals surface area contributed by atoms with Crippen LogP contribution in [0.3, 0.4) is 0 Å². The molecule has 1 aromatic rings. The SMILES string of the molecule is Cc1cnc(N2CCOC(C(C)N)C2)c([N+](=O)[O-])c1. The van der Waals surface area contributed by atoms with E-state index >= 15 is 0 Å². The lowest BCUT2D eigenvalue weighted by molar-refractivity contribution is -0.384. The number of nitro groups is 1. The molecule has 19 heavy (non-hydrogen) atoms. The zero-order valence-electron chi connectivity index (χ0n) is 11.1. The standard InChI is InChI=1S/C12H18N4O3/c1-8-5-10(16(17)18)12(14-6-8)15-3-4-19-11(7-15)9(2)13/h5-6,9,11H,3-4,7,13H2,1-2H3. The molecule has 0 spiro atoms. The maximum absolute atomic E-state index is 11.1. The molecule has 2 unspecified atom stereocenters. The van der Waals surface area contributed by atoms with Gasteiger partial charge in [0.1, 0.15) is 0 Å². The van der Waals surface area contributed by atoms with Crippen molar-refractivity contribution in [3.63, 3.8) is 0 Å². The molecule has 2 atom stereocenters. The fraction of sp³-hybridized carbons (Fsp3) is 0.583. The highest BCUT2D eigenvalue weighted by atomic mass is 16.6. The van der Waals surface area contributed by atoms with Crippen LogP contribution in [0.2, 0.25) is 0 Å². The molecule has 1 fully saturated rings. The van der Waals surface area contributed by atoms with E-state index in [2.05, 4.69) is 4.98 Å². The van der Waals surface area contributed by atoms with Gasteiger partial charge in [-0.1, -0.05) is 0 Å². The fourth-order valence-electron chi connectivity index (χ4n) is 2.11. The zero-order valence-corrected chi connectivity index (χ0v) is 11.1. The van der Waals surface area contributed by atoms with Crippen LogP contribution in [0.4, 0.5) is 11.5 Å². The highest BCUT2D eigenvalue weighted by Gasteiger charge is 2.28. The Kier molecular flexibility index (Phi) is 3.96. The number of pyridine rings is 1. The molecule has 0 aromatic carbocycles. The van der Waals surface area contributed by atoms with E-state index in [4.69, 9.17) is 10.5 Å². The number of anilines is 1. The molecular weight excluding hydrogens is 248 g/mol. The van der Waals surface area contributed by atoms with Gasteiger partial charge in [-0.2, -0.15) is 0 Å². The Labute approximate surface area is 111 Å². The van der Waals surface area contributed by atoms with E-state index in [0.29, 0.717) is 25.5 Å². The summed E-state index contributed by atoms with van der Waals surface area (Å²) in [5, 5.41) is 11.1. The van der Waals surface area contributed by atoms with E-state index in [1.807, 2.05) is 11.8 Å². The number of hydrogen-bond donors (Lipinski definition) is 1. The third-order valence-corrected chi connectivity index (χ3v) is 3.16. The first-order valence-electron chi connectivity index (χ1n) is 6.22. The molecule has 2 N–H and O–H groups in total. The second-order valence-corrected chi connectivity index (χ2v) is 4.83. The van der Waals surface area contributed by atoms with Crippen molar-refractivity contribution in [1.29, 1.82) is 0 Å². The lowest BCUT2D eigenvalue weighted by Gasteiger charge is -2.35. The van der Waals surface area contributed by atoms with Gasteiger partial charge in [0.25, 0.3) is 0 Å². The molecule has 104 valence electrons. The van der Waals surface area contributed by atoms with Gasteiger partial charge in [-0.25, -0.2) is 4.98 Å². The smallest absolute Gasteiger partial charge is 0.311 e. The highest BCUT2D eigenvalue weighted by molar-refractivity contribution is 5.58. The van der Waals surface area contributed by atoms with Crippen LogP contribution in [-0.2, 0) is 4.74 Å². The molecule has 1 aromatic heterocycles. The lowest BCUT2D eigenvalue weighted by Crippen LogP contribution is -2.50. The summed E-state index contributed by atoms with van der Waals surface area (Å²) in [6.45, 7) is 5.26. The average Bonchev–Trinajstić information content (AvgIpc) is 2.38. The summed E-state index contributed by atoms with van der Waals surface area (Å²) in [7, 11) is 0. The van der Waals surface area contributed by atoms with E-state index in [1.165, 1.54) is 0 Å². The van der Waals surface area contributed by atoms with Crippen molar-refractivity contribution in [1.82, 2.24) is 4.98 Å². The molecule has 0 saturated carbocycles. The number of nitrogens with zero attached hydrogens (tertiary/aromatic N) is 3. The maximum atomic E-state index is 11.1. The monoisotopic (exact) mass is 266 g/mol. The van der Waals surface area contributed by atoms with Gasteiger partial charge in [-0.05, 0) is 19.4 Å². The van der Waals surface area contributed by atoms with Gasteiger partial charge in [0.2, 0.25) is 5.82 Å². The Hall–Kier alpha value is -1.73. The summed E-state index contributed by atoms with van der Waals surface area (Å²) in [5.41, 5.74) is 6.63. The summed E-state index contributed by atoms with van der Waals surface area (Å²) < 4.78 is 5.55. The van der Waals surface area contributed by atoms with E-state index in [0.717, 1.165) is 5.56 Å². The fourth-order valence-corrected chi connectivity index (χ4v) is 2.11. The molecule has 2 rings (SSSR count). The topological polar surface area (TPSA) is 94.5 Å². The zero-order chi connectivity index (χ0) is 14.0. The number of ether oxygens (including phenoxy) is 1. The number of aromatic nitrogens is 1. The minimum atomic E-state index is -0.397. The summed E-state index contributed by atoms with van der Waals surface area (Å²) in [6, 6.07) is 1.42. The minimum Gasteiger partial charge on any atom is -0.373 e. The largest absolute Gasteiger partial charge is 0.373 e. The number of morpholine rings is 1. The van der Waals surface area contributed by atoms with Crippen LogP contribution in [0.15, 0.2) is 12.3 Å². The molecule has 1 saturated heterocycles. The molecule has 0 bridgehead atoms. The Morgan fingerprint density at radius 1 is 1.68 bits per heavy atom. The van der Waals surface area contributed by atoms with Gasteiger partial charge < -0.3 is 15.4 Å². The summed E-state index contributed by atoms with van der Waals surface area (Å²) in [5.74, 6) is 0.393. The molecule has 0 amide bonds. The van der Waals surface area contributed by atoms with Crippen molar-refractivity contribution >= 4 is 11.5 Å². The van der Waals surface area contributed by atoms with Gasteiger partial charge in [-0.3, -0.25) is 10.1 Å². The number of rotatable bonds is 3. The highest BCUT2D eigenvalue weighted by Crippen LogP contribution is 2.27. The van der Waals surface area contributed by atoms with Crippen LogP contribution in [0, 0.1) is 17.0 Å². The maximum Gasteiger partial charge on any atom is 0.311 e. The van der Waals surface area contributed by atoms with Crippen molar-refractivity contribution in [2.24, 2.45) is 5.73 Å². The number of nitrogens with two attached hydrogens (primary N) is 1. The van der Waals surface area contributed by atoms with Crippen molar-refractivity contribution in [2.75, 3.05) is 24.6 Å². The molecule has 7 nitrogen and oxygen atoms in total. The van der Waals surface area contributed by atoms with Crippen molar-refractivity contribution in [3.8, 4) is 0 Å². The first-order valence-corrected chi connectivity index (χ1v) is 6.22. The molecule has 1 aliphatic rings. The molecule has 2 heterocycles. The van der Waals surface area contributed by atoms with E-state index in [9.17, 15) is 10.1 Å². The third kappa shape index (κ3) is 2.99. The Morgan fingerprint density at radius 2 is 2.42 bits per heavy atom. The molecule has 1 aliphatic heterocycles. The van der Waals surface area contributed by atoms with Crippen LogP contribution in [0.1, 0.15) is 12.5 Å². The first-order chi connectivity index (χ1) is 8.99. The lowest BCUT2D eigenvalue weighted by atomic mass is 10.1. The Morgan fingerprint density at radius 3 is 3.05 bits per heavy atom. The van der Waals surface area contributed by atoms with Crippen molar-refractivity contribution in [3.05, 3.63) is 27.9 Å². The quantitative estimate of drug-likeness (QED) is 0.643. The second-order valence-electron chi connectivity index (χ2n) is 4.83. The van der Waals surface area contributed by atoms with E-state index in [1.54, 1.807) is 19.2 Å². The van der Waals surface area contributed by atoms with Gasteiger partial charge in [0.15, 0.2) is 0 Å². The summed E-state index contributed by atoms with van der Waals surface area (Å²) in [6.07, 6.45) is 1.51.